The Kier molecular flexibility index (Phi) is 7.18. The number of aliphatic hydroxyl groups is 1. The summed E-state index contributed by atoms with van der Waals surface area (Å²) < 4.78 is 49.4. The first-order valence-electron chi connectivity index (χ1n) is 12.1. The molecule has 3 aromatic rings. The molecule has 0 aliphatic carbocycles. The van der Waals surface area contributed by atoms with Crippen molar-refractivity contribution in [2.24, 2.45) is 0 Å². The molecule has 2 aromatic heterocycles. The Hall–Kier alpha value is -3.75. The molecule has 0 spiro atoms. The lowest BCUT2D eigenvalue weighted by Gasteiger charge is -2.22. The fourth-order valence-electron chi connectivity index (χ4n) is 4.64. The SMILES string of the molecule is Cc1nc2c(cc1C(F)(F)F)CC(O)N2C(=O)c1cccc(Nc2snc(O)c2C(=N)NCC2CCCO2)c1. The van der Waals surface area contributed by atoms with Gasteiger partial charge in [-0.05, 0) is 55.6 Å². The number of nitrogens with zero attached hydrogens (tertiary/aromatic N) is 3. The minimum atomic E-state index is -4.60. The number of anilines is 3. The fourth-order valence-corrected chi connectivity index (χ4v) is 5.36. The van der Waals surface area contributed by atoms with Crippen LogP contribution in [0.1, 0.15) is 45.6 Å². The molecule has 0 radical (unpaired) electrons. The Morgan fingerprint density at radius 2 is 2.13 bits per heavy atom. The standard InChI is InChI=1S/C25H25F3N6O4S/c1-12-17(25(26,27)28)9-14-10-18(35)34(21(14)31-12)24(37)13-4-2-5-15(8-13)32-23-19(22(36)33-39-23)20(29)30-11-16-6-3-7-38-16/h2,4-5,8-9,16,18,32,35H,3,6-7,10-11H2,1H3,(H2,29,30)(H,33,36). The first kappa shape index (κ1) is 26.8. The predicted octanol–water partition coefficient (Wildman–Crippen LogP) is 3.93. The summed E-state index contributed by atoms with van der Waals surface area (Å²) in [7, 11) is 0. The lowest BCUT2D eigenvalue weighted by molar-refractivity contribution is -0.138. The third-order valence-electron chi connectivity index (χ3n) is 6.54. The summed E-state index contributed by atoms with van der Waals surface area (Å²) in [4.78, 5) is 18.4. The molecule has 10 nitrogen and oxygen atoms in total. The Morgan fingerprint density at radius 3 is 2.85 bits per heavy atom. The van der Waals surface area contributed by atoms with Gasteiger partial charge < -0.3 is 25.6 Å². The average molecular weight is 563 g/mol. The van der Waals surface area contributed by atoms with Crippen LogP contribution in [0.25, 0.3) is 0 Å². The van der Waals surface area contributed by atoms with Crippen molar-refractivity contribution >= 4 is 39.8 Å². The van der Waals surface area contributed by atoms with Crippen molar-refractivity contribution in [3.05, 3.63) is 58.3 Å². The van der Waals surface area contributed by atoms with Gasteiger partial charge in [-0.2, -0.15) is 17.5 Å². The topological polar surface area (TPSA) is 144 Å². The molecule has 1 amide bonds. The van der Waals surface area contributed by atoms with Gasteiger partial charge in [0.2, 0.25) is 5.88 Å². The largest absolute Gasteiger partial charge is 0.492 e. The number of rotatable bonds is 6. The van der Waals surface area contributed by atoms with Gasteiger partial charge in [0.1, 0.15) is 28.4 Å². The zero-order chi connectivity index (χ0) is 27.9. The van der Waals surface area contributed by atoms with Crippen LogP contribution in [0.4, 0.5) is 29.7 Å². The van der Waals surface area contributed by atoms with Crippen LogP contribution in [-0.2, 0) is 17.3 Å². The van der Waals surface area contributed by atoms with Crippen LogP contribution in [0.2, 0.25) is 0 Å². The highest BCUT2D eigenvalue weighted by Gasteiger charge is 2.39. The molecule has 4 heterocycles. The molecule has 0 saturated carbocycles. The van der Waals surface area contributed by atoms with Gasteiger partial charge in [0.05, 0.1) is 17.4 Å². The summed E-state index contributed by atoms with van der Waals surface area (Å²) in [5, 5.41) is 35.6. The van der Waals surface area contributed by atoms with Crippen LogP contribution in [0.5, 0.6) is 5.88 Å². The molecule has 1 fully saturated rings. The second-order valence-corrected chi connectivity index (χ2v) is 10.0. The van der Waals surface area contributed by atoms with Gasteiger partial charge in [0.15, 0.2) is 0 Å². The van der Waals surface area contributed by atoms with Crippen molar-refractivity contribution in [1.82, 2.24) is 14.7 Å². The van der Waals surface area contributed by atoms with Crippen LogP contribution in [0.3, 0.4) is 0 Å². The van der Waals surface area contributed by atoms with Crippen molar-refractivity contribution < 1.29 is 32.9 Å². The third kappa shape index (κ3) is 5.40. The van der Waals surface area contributed by atoms with E-state index >= 15 is 0 Å². The number of aliphatic hydroxyl groups excluding tert-OH is 1. The second-order valence-electron chi connectivity index (χ2n) is 9.27. The fraction of sp³-hybridized carbons (Fsp3) is 0.360. The van der Waals surface area contributed by atoms with Crippen molar-refractivity contribution in [2.75, 3.05) is 23.4 Å². The van der Waals surface area contributed by atoms with Crippen molar-refractivity contribution in [2.45, 2.75) is 44.7 Å². The van der Waals surface area contributed by atoms with Crippen LogP contribution >= 0.6 is 11.5 Å². The van der Waals surface area contributed by atoms with Crippen LogP contribution in [-0.4, -0.2) is 56.8 Å². The van der Waals surface area contributed by atoms with E-state index in [1.54, 1.807) is 12.1 Å². The number of aryl methyl sites for hydroxylation is 1. The maximum atomic E-state index is 13.4. The molecular formula is C25H25F3N6O4S. The van der Waals surface area contributed by atoms with Crippen LogP contribution < -0.4 is 15.5 Å². The van der Waals surface area contributed by atoms with E-state index in [1.807, 2.05) is 0 Å². The Labute approximate surface area is 225 Å². The number of aromatic hydroxyl groups is 1. The van der Waals surface area contributed by atoms with Crippen molar-refractivity contribution in [3.63, 3.8) is 0 Å². The van der Waals surface area contributed by atoms with E-state index in [0.717, 1.165) is 35.3 Å². The van der Waals surface area contributed by atoms with E-state index in [9.17, 15) is 28.2 Å². The van der Waals surface area contributed by atoms with E-state index < -0.39 is 23.9 Å². The number of benzene rings is 1. The van der Waals surface area contributed by atoms with E-state index in [0.29, 0.717) is 23.8 Å². The Balaban J connectivity index is 1.35. The molecule has 14 heteroatoms. The van der Waals surface area contributed by atoms with Crippen LogP contribution in [0, 0.1) is 12.3 Å². The van der Waals surface area contributed by atoms with E-state index in [-0.39, 0.29) is 52.4 Å². The lowest BCUT2D eigenvalue weighted by atomic mass is 10.1. The molecule has 2 unspecified atom stereocenters. The van der Waals surface area contributed by atoms with Gasteiger partial charge in [-0.15, -0.1) is 0 Å². The van der Waals surface area contributed by atoms with Gasteiger partial charge in [-0.3, -0.25) is 15.1 Å². The highest BCUT2D eigenvalue weighted by atomic mass is 32.1. The van der Waals surface area contributed by atoms with Gasteiger partial charge in [-0.25, -0.2) is 4.98 Å². The normalized spacial score (nSPS) is 18.7. The number of carbonyl (C=O) groups is 1. The lowest BCUT2D eigenvalue weighted by Crippen LogP contribution is -2.38. The molecule has 5 rings (SSSR count). The molecule has 1 saturated heterocycles. The zero-order valence-electron chi connectivity index (χ0n) is 20.7. The monoisotopic (exact) mass is 562 g/mol. The number of carbonyl (C=O) groups excluding carboxylic acids is 1. The first-order chi connectivity index (χ1) is 18.5. The Morgan fingerprint density at radius 1 is 1.33 bits per heavy atom. The highest BCUT2D eigenvalue weighted by molar-refractivity contribution is 7.11. The van der Waals surface area contributed by atoms with Gasteiger partial charge in [0, 0.05) is 36.4 Å². The predicted molar refractivity (Wildman–Crippen MR) is 138 cm³/mol. The zero-order valence-corrected chi connectivity index (χ0v) is 21.5. The number of amidine groups is 1. The quantitative estimate of drug-likeness (QED) is 0.225. The molecule has 0 bridgehead atoms. The third-order valence-corrected chi connectivity index (χ3v) is 7.30. The van der Waals surface area contributed by atoms with Crippen molar-refractivity contribution in [1.29, 1.82) is 5.41 Å². The maximum absolute atomic E-state index is 13.4. The summed E-state index contributed by atoms with van der Waals surface area (Å²) in [5.74, 6) is -1.02. The molecule has 1 aromatic carbocycles. The number of pyridine rings is 1. The van der Waals surface area contributed by atoms with E-state index in [4.69, 9.17) is 10.1 Å². The van der Waals surface area contributed by atoms with E-state index in [2.05, 4.69) is 20.0 Å². The summed E-state index contributed by atoms with van der Waals surface area (Å²) in [5.41, 5.74) is -0.332. The minimum Gasteiger partial charge on any atom is -0.492 e. The molecule has 2 aliphatic rings. The number of halogens is 3. The average Bonchev–Trinajstić information content (AvgIpc) is 3.60. The number of hydrogen-bond donors (Lipinski definition) is 5. The summed E-state index contributed by atoms with van der Waals surface area (Å²) in [6.07, 6.45) is -4.33. The number of aromatic nitrogens is 2. The molecule has 2 atom stereocenters. The molecular weight excluding hydrogens is 537 g/mol. The van der Waals surface area contributed by atoms with Crippen LogP contribution in [0.15, 0.2) is 30.3 Å². The van der Waals surface area contributed by atoms with E-state index in [1.165, 1.54) is 19.1 Å². The number of alkyl halides is 3. The summed E-state index contributed by atoms with van der Waals surface area (Å²) in [6.45, 7) is 2.29. The van der Waals surface area contributed by atoms with Crippen molar-refractivity contribution in [3.8, 4) is 5.88 Å². The highest BCUT2D eigenvalue weighted by Crippen LogP contribution is 2.38. The number of hydrogen-bond acceptors (Lipinski definition) is 9. The first-order valence-corrected chi connectivity index (χ1v) is 12.9. The number of fused-ring (bicyclic) bond motifs is 1. The van der Waals surface area contributed by atoms with Gasteiger partial charge >= 0.3 is 6.18 Å². The second kappa shape index (κ2) is 10.4. The van der Waals surface area contributed by atoms with Gasteiger partial charge in [0.25, 0.3) is 5.91 Å². The number of nitrogens with one attached hydrogen (secondary N) is 3. The van der Waals surface area contributed by atoms with Gasteiger partial charge in [-0.1, -0.05) is 6.07 Å². The minimum absolute atomic E-state index is 0.0115. The molecule has 206 valence electrons. The molecule has 2 aliphatic heterocycles. The summed E-state index contributed by atoms with van der Waals surface area (Å²) >= 11 is 0.933. The number of ether oxygens (including phenoxy) is 1. The summed E-state index contributed by atoms with van der Waals surface area (Å²) in [6, 6.07) is 7.17. The smallest absolute Gasteiger partial charge is 0.418 e. The Bertz CT molecular complexity index is 1420. The molecule has 39 heavy (non-hydrogen) atoms. The maximum Gasteiger partial charge on any atom is 0.418 e. The molecule has 5 N–H and O–H groups in total. The number of amides is 1.